The van der Waals surface area contributed by atoms with E-state index >= 15 is 0 Å². The molecule has 2 unspecified atom stereocenters. The molecule has 1 aliphatic rings. The SMILES string of the molecule is CCCCCCCCCCC/C=C/CCCCC(=O)C1=NCC[N+]1(CCO)CC(O)CS(=O)(=O)[O-].[Na+]. The molecule has 2 N–H and O–H groups in total. The first-order chi connectivity index (χ1) is 16.7. The molecule has 0 spiro atoms. The summed E-state index contributed by atoms with van der Waals surface area (Å²) in [6, 6.07) is 0. The van der Waals surface area contributed by atoms with Crippen LogP contribution in [0.5, 0.6) is 0 Å². The molecule has 0 aliphatic carbocycles. The Morgan fingerprint density at radius 2 is 1.58 bits per heavy atom. The number of amidine groups is 1. The van der Waals surface area contributed by atoms with Crippen molar-refractivity contribution >= 4 is 21.7 Å². The van der Waals surface area contributed by atoms with Gasteiger partial charge in [0, 0.05) is 6.42 Å². The van der Waals surface area contributed by atoms with E-state index in [1.54, 1.807) is 0 Å². The molecular weight excluding hydrogens is 491 g/mol. The first-order valence-electron chi connectivity index (χ1n) is 13.6. The number of aliphatic hydroxyl groups is 2. The van der Waals surface area contributed by atoms with Gasteiger partial charge in [-0.2, -0.15) is 0 Å². The van der Waals surface area contributed by atoms with Gasteiger partial charge in [-0.05, 0) is 32.1 Å². The Morgan fingerprint density at radius 3 is 2.14 bits per heavy atom. The predicted molar refractivity (Wildman–Crippen MR) is 139 cm³/mol. The molecule has 204 valence electrons. The summed E-state index contributed by atoms with van der Waals surface area (Å²) in [5.41, 5.74) is 0. The number of Topliss-reactive ketones (excluding diaryl/α,β-unsaturated/α-hetero) is 1. The number of hydrogen-bond donors (Lipinski definition) is 2. The minimum atomic E-state index is -4.59. The third kappa shape index (κ3) is 16.0. The van der Waals surface area contributed by atoms with E-state index in [1.165, 1.54) is 57.8 Å². The molecule has 36 heavy (non-hydrogen) atoms. The van der Waals surface area contributed by atoms with Crippen LogP contribution in [0.2, 0.25) is 0 Å². The van der Waals surface area contributed by atoms with Gasteiger partial charge in [-0.3, -0.25) is 9.28 Å². The molecule has 0 radical (unpaired) electrons. The molecule has 0 amide bonds. The quantitative estimate of drug-likeness (QED) is 0.0686. The number of carbonyl (C=O) groups excluding carboxylic acids is 1. The molecular formula is C26H48N2NaO6S+. The molecule has 0 aromatic rings. The number of aliphatic imine (C=N–C) groups is 1. The van der Waals surface area contributed by atoms with E-state index in [0.29, 0.717) is 19.5 Å². The van der Waals surface area contributed by atoms with Crippen molar-refractivity contribution < 1.29 is 62.0 Å². The van der Waals surface area contributed by atoms with Gasteiger partial charge in [0.05, 0.1) is 29.0 Å². The van der Waals surface area contributed by atoms with Crippen LogP contribution in [0, 0.1) is 0 Å². The number of carbonyl (C=O) groups is 1. The monoisotopic (exact) mass is 539 g/mol. The number of allylic oxidation sites excluding steroid dienone is 2. The summed E-state index contributed by atoms with van der Waals surface area (Å²) in [5.74, 6) is -0.764. The topological polar surface area (TPSA) is 127 Å². The Hall–Kier alpha value is -0.130. The molecule has 1 rings (SSSR count). The summed E-state index contributed by atoms with van der Waals surface area (Å²) >= 11 is 0. The zero-order chi connectivity index (χ0) is 26.0. The minimum Gasteiger partial charge on any atom is -0.748 e. The van der Waals surface area contributed by atoms with Crippen molar-refractivity contribution in [1.29, 1.82) is 0 Å². The van der Waals surface area contributed by atoms with Crippen molar-refractivity contribution in [3.05, 3.63) is 12.2 Å². The third-order valence-electron chi connectivity index (χ3n) is 6.64. The van der Waals surface area contributed by atoms with Crippen LogP contribution in [-0.2, 0) is 14.9 Å². The van der Waals surface area contributed by atoms with E-state index in [9.17, 15) is 28.0 Å². The molecule has 1 aliphatic heterocycles. The fourth-order valence-electron chi connectivity index (χ4n) is 4.79. The van der Waals surface area contributed by atoms with Crippen LogP contribution < -0.4 is 29.6 Å². The van der Waals surface area contributed by atoms with E-state index in [4.69, 9.17) is 0 Å². The molecule has 8 nitrogen and oxygen atoms in total. The average molecular weight is 540 g/mol. The first kappa shape index (κ1) is 35.9. The average Bonchev–Trinajstić information content (AvgIpc) is 3.18. The molecule has 2 atom stereocenters. The molecule has 0 saturated carbocycles. The van der Waals surface area contributed by atoms with E-state index in [2.05, 4.69) is 24.1 Å². The van der Waals surface area contributed by atoms with E-state index in [0.717, 1.165) is 25.7 Å². The summed E-state index contributed by atoms with van der Waals surface area (Å²) < 4.78 is 32.9. The van der Waals surface area contributed by atoms with Crippen LogP contribution in [0.15, 0.2) is 17.1 Å². The molecule has 10 heteroatoms. The van der Waals surface area contributed by atoms with Gasteiger partial charge in [-0.1, -0.05) is 70.4 Å². The maximum atomic E-state index is 12.8. The maximum Gasteiger partial charge on any atom is 1.00 e. The second-order valence-electron chi connectivity index (χ2n) is 9.84. The zero-order valence-electron chi connectivity index (χ0n) is 22.7. The molecule has 0 aromatic carbocycles. The molecule has 1 heterocycles. The number of ketones is 1. The standard InChI is InChI=1S/C26H48N2O6S.Na/c1-2-3-4-5-6-7-8-9-10-11-12-13-14-15-16-17-25(31)26-27-18-19-28(26,20-21-29)22-24(30)23-35(32,33)34;/h12-13,24,29-30H,2-11,14-23H2,1H3;/q;+1/b13-12+;. The van der Waals surface area contributed by atoms with Crippen molar-refractivity contribution in [2.24, 2.45) is 4.99 Å². The van der Waals surface area contributed by atoms with Crippen molar-refractivity contribution in [2.75, 3.05) is 38.5 Å². The largest absolute Gasteiger partial charge is 1.00 e. The van der Waals surface area contributed by atoms with Crippen LogP contribution in [0.3, 0.4) is 0 Å². The minimum absolute atomic E-state index is 0. The van der Waals surface area contributed by atoms with Crippen LogP contribution >= 0.6 is 0 Å². The number of nitrogens with zero attached hydrogens (tertiary/aromatic N) is 2. The molecule has 0 saturated heterocycles. The van der Waals surface area contributed by atoms with Crippen molar-refractivity contribution in [3.8, 4) is 0 Å². The van der Waals surface area contributed by atoms with E-state index < -0.39 is 22.0 Å². The van der Waals surface area contributed by atoms with Gasteiger partial charge in [0.15, 0.2) is 0 Å². The summed E-state index contributed by atoms with van der Waals surface area (Å²) in [6.45, 7) is 2.83. The summed E-state index contributed by atoms with van der Waals surface area (Å²) in [6.07, 6.45) is 19.0. The third-order valence-corrected chi connectivity index (χ3v) is 7.43. The fraction of sp³-hybridized carbons (Fsp3) is 0.846. The number of quaternary nitrogens is 1. The second kappa shape index (κ2) is 20.8. The maximum absolute atomic E-state index is 12.8. The number of hydrogen-bond acceptors (Lipinski definition) is 7. The number of rotatable bonds is 22. The molecule has 0 aromatic heterocycles. The van der Waals surface area contributed by atoms with E-state index in [1.807, 2.05) is 0 Å². The Kier molecular flexibility index (Phi) is 20.7. The fourth-order valence-corrected chi connectivity index (χ4v) is 5.37. The molecule has 0 bridgehead atoms. The van der Waals surface area contributed by atoms with Gasteiger partial charge < -0.3 is 14.8 Å². The van der Waals surface area contributed by atoms with Gasteiger partial charge in [-0.15, -0.1) is 0 Å². The summed E-state index contributed by atoms with van der Waals surface area (Å²) in [7, 11) is -4.59. The van der Waals surface area contributed by atoms with Gasteiger partial charge in [-0.25, -0.2) is 13.4 Å². The van der Waals surface area contributed by atoms with Gasteiger partial charge in [0.1, 0.15) is 25.7 Å². The van der Waals surface area contributed by atoms with Crippen LogP contribution in [-0.4, -0.2) is 83.9 Å². The van der Waals surface area contributed by atoms with Gasteiger partial charge in [0.2, 0.25) is 5.78 Å². The Bertz CT molecular complexity index is 760. The van der Waals surface area contributed by atoms with Gasteiger partial charge >= 0.3 is 29.6 Å². The van der Waals surface area contributed by atoms with Crippen LogP contribution in [0.4, 0.5) is 0 Å². The smallest absolute Gasteiger partial charge is 0.748 e. The van der Waals surface area contributed by atoms with Crippen LogP contribution in [0.25, 0.3) is 0 Å². The second-order valence-corrected chi connectivity index (χ2v) is 11.3. The van der Waals surface area contributed by atoms with Crippen molar-refractivity contribution in [2.45, 2.75) is 103 Å². The Labute approximate surface area is 241 Å². The zero-order valence-corrected chi connectivity index (χ0v) is 25.5. The summed E-state index contributed by atoms with van der Waals surface area (Å²) in [5, 5.41) is 19.6. The van der Waals surface area contributed by atoms with E-state index in [-0.39, 0.29) is 65.4 Å². The van der Waals surface area contributed by atoms with Crippen molar-refractivity contribution in [1.82, 2.24) is 0 Å². The van der Waals surface area contributed by atoms with Gasteiger partial charge in [0.25, 0.3) is 5.84 Å². The Morgan fingerprint density at radius 1 is 1.03 bits per heavy atom. The van der Waals surface area contributed by atoms with Crippen LogP contribution in [0.1, 0.15) is 96.8 Å². The predicted octanol–water partition coefficient (Wildman–Crippen LogP) is 0.724. The molecule has 0 fully saturated rings. The summed E-state index contributed by atoms with van der Waals surface area (Å²) in [4.78, 5) is 17.2. The van der Waals surface area contributed by atoms with Crippen molar-refractivity contribution in [3.63, 3.8) is 0 Å². The number of unbranched alkanes of at least 4 members (excludes halogenated alkanes) is 11. The number of aliphatic hydroxyl groups excluding tert-OH is 2. The first-order valence-corrected chi connectivity index (χ1v) is 15.1. The Balaban J connectivity index is 0.0000122. The normalized spacial score (nSPS) is 18.8.